The molecule has 2 N–H and O–H groups in total. The lowest BCUT2D eigenvalue weighted by atomic mass is 9.89. The molecule has 0 saturated carbocycles. The minimum absolute atomic E-state index is 0.0844. The van der Waals surface area contributed by atoms with Gasteiger partial charge in [-0.1, -0.05) is 26.8 Å². The zero-order chi connectivity index (χ0) is 13.6. The third kappa shape index (κ3) is 4.13. The van der Waals surface area contributed by atoms with Crippen LogP contribution in [0.2, 0.25) is 0 Å². The molecule has 1 rings (SSSR count). The number of hydrogen-bond donors (Lipinski definition) is 1. The predicted molar refractivity (Wildman–Crippen MR) is 75.9 cm³/mol. The number of allylic oxidation sites excluding steroid dienone is 2. The number of aromatic nitrogens is 2. The molecule has 4 nitrogen and oxygen atoms in total. The molecule has 0 aliphatic carbocycles. The van der Waals surface area contributed by atoms with Crippen molar-refractivity contribution in [1.82, 2.24) is 9.97 Å². The van der Waals surface area contributed by atoms with E-state index < -0.39 is 0 Å². The second-order valence-electron chi connectivity index (χ2n) is 4.92. The van der Waals surface area contributed by atoms with Crippen LogP contribution in [0.15, 0.2) is 41.8 Å². The van der Waals surface area contributed by atoms with Crippen LogP contribution in [0.1, 0.15) is 33.5 Å². The largest absolute Gasteiger partial charge is 0.396 e. The first-order chi connectivity index (χ1) is 8.45. The Morgan fingerprint density at radius 1 is 1.28 bits per heavy atom. The fourth-order valence-corrected chi connectivity index (χ4v) is 1.26. The summed E-state index contributed by atoms with van der Waals surface area (Å²) in [4.78, 5) is 12.6. The Bertz CT molecular complexity index is 464. The third-order valence-electron chi connectivity index (χ3n) is 2.25. The van der Waals surface area contributed by atoms with E-state index in [4.69, 9.17) is 5.73 Å². The quantitative estimate of drug-likeness (QED) is 0.831. The molecule has 0 amide bonds. The molecule has 0 radical (unpaired) electrons. The summed E-state index contributed by atoms with van der Waals surface area (Å²) in [6, 6.07) is 1.76. The van der Waals surface area contributed by atoms with Gasteiger partial charge in [0, 0.05) is 29.7 Å². The Morgan fingerprint density at radius 2 is 1.89 bits per heavy atom. The molecule has 0 atom stereocenters. The highest BCUT2D eigenvalue weighted by Gasteiger charge is 2.17. The normalized spacial score (nSPS) is 14.2. The van der Waals surface area contributed by atoms with E-state index in [1.165, 1.54) is 0 Å². The summed E-state index contributed by atoms with van der Waals surface area (Å²) in [7, 11) is 0. The fraction of sp³-hybridized carbons (Fsp3) is 0.357. The molecule has 18 heavy (non-hydrogen) atoms. The zero-order valence-electron chi connectivity index (χ0n) is 11.4. The van der Waals surface area contributed by atoms with Crippen LogP contribution >= 0.6 is 0 Å². The van der Waals surface area contributed by atoms with Crippen molar-refractivity contribution in [1.29, 1.82) is 0 Å². The van der Waals surface area contributed by atoms with Crippen LogP contribution in [0.25, 0.3) is 5.70 Å². The van der Waals surface area contributed by atoms with Gasteiger partial charge in [-0.25, -0.2) is 9.97 Å². The van der Waals surface area contributed by atoms with Crippen LogP contribution in [-0.2, 0) is 0 Å². The van der Waals surface area contributed by atoms with Crippen LogP contribution in [-0.4, -0.2) is 15.7 Å². The van der Waals surface area contributed by atoms with E-state index in [2.05, 4.69) is 35.7 Å². The van der Waals surface area contributed by atoms with Gasteiger partial charge in [-0.2, -0.15) is 0 Å². The van der Waals surface area contributed by atoms with Gasteiger partial charge < -0.3 is 5.73 Å². The lowest BCUT2D eigenvalue weighted by Gasteiger charge is -2.18. The maximum Gasteiger partial charge on any atom is 0.175 e. The van der Waals surface area contributed by atoms with E-state index in [9.17, 15) is 0 Å². The first-order valence-electron chi connectivity index (χ1n) is 5.89. The Morgan fingerprint density at radius 3 is 2.39 bits per heavy atom. The van der Waals surface area contributed by atoms with E-state index in [0.29, 0.717) is 11.5 Å². The lowest BCUT2D eigenvalue weighted by molar-refractivity contribution is 0.594. The average Bonchev–Trinajstić information content (AvgIpc) is 2.34. The van der Waals surface area contributed by atoms with Crippen molar-refractivity contribution in [2.75, 3.05) is 0 Å². The Balaban J connectivity index is 3.10. The minimum Gasteiger partial charge on any atom is -0.396 e. The highest BCUT2D eigenvalue weighted by atomic mass is 14.9. The van der Waals surface area contributed by atoms with Crippen molar-refractivity contribution in [3.05, 3.63) is 42.6 Å². The molecule has 4 heteroatoms. The monoisotopic (exact) mass is 244 g/mol. The van der Waals surface area contributed by atoms with E-state index in [1.54, 1.807) is 24.7 Å². The van der Waals surface area contributed by atoms with Gasteiger partial charge in [0.2, 0.25) is 0 Å². The van der Waals surface area contributed by atoms with E-state index >= 15 is 0 Å². The van der Waals surface area contributed by atoms with Gasteiger partial charge in [0.25, 0.3) is 0 Å². The molecule has 1 heterocycles. The summed E-state index contributed by atoms with van der Waals surface area (Å²) >= 11 is 0. The van der Waals surface area contributed by atoms with Gasteiger partial charge in [0.05, 0.1) is 5.70 Å². The summed E-state index contributed by atoms with van der Waals surface area (Å²) < 4.78 is 0. The molecule has 1 aromatic rings. The number of hydrogen-bond acceptors (Lipinski definition) is 4. The molecule has 0 bridgehead atoms. The van der Waals surface area contributed by atoms with Crippen molar-refractivity contribution >= 4 is 11.4 Å². The van der Waals surface area contributed by atoms with Gasteiger partial charge in [-0.15, -0.1) is 0 Å². The Hall–Kier alpha value is -1.97. The van der Waals surface area contributed by atoms with Crippen molar-refractivity contribution in [3.63, 3.8) is 0 Å². The van der Waals surface area contributed by atoms with Gasteiger partial charge in [0.1, 0.15) is 0 Å². The Labute approximate surface area is 108 Å². The summed E-state index contributed by atoms with van der Waals surface area (Å²) in [6.07, 6.45) is 8.81. The first-order valence-corrected chi connectivity index (χ1v) is 5.89. The van der Waals surface area contributed by atoms with Crippen LogP contribution in [0.3, 0.4) is 0 Å². The average molecular weight is 244 g/mol. The topological polar surface area (TPSA) is 64.2 Å². The summed E-state index contributed by atoms with van der Waals surface area (Å²) in [5, 5.41) is 0. The molecule has 0 aromatic carbocycles. The number of rotatable bonds is 3. The smallest absolute Gasteiger partial charge is 0.175 e. The molecular formula is C14H20N4. The molecule has 0 spiro atoms. The lowest BCUT2D eigenvalue weighted by Crippen LogP contribution is -2.19. The molecule has 0 saturated heterocycles. The highest BCUT2D eigenvalue weighted by Crippen LogP contribution is 2.19. The van der Waals surface area contributed by atoms with Crippen molar-refractivity contribution in [3.8, 4) is 0 Å². The molecule has 96 valence electrons. The molecule has 0 unspecified atom stereocenters. The standard InChI is InChI=1S/C14H20N4/c1-5-7-16-12(14(2,3)4)10-11(15)13-17-8-6-9-18-13/h5-10H,15H2,1-4H3/b7-5-,11-10-,16-12+. The minimum atomic E-state index is -0.0844. The predicted octanol–water partition coefficient (Wildman–Crippen LogP) is 2.80. The van der Waals surface area contributed by atoms with Crippen LogP contribution < -0.4 is 5.73 Å². The first kappa shape index (κ1) is 14.1. The van der Waals surface area contributed by atoms with Crippen molar-refractivity contribution < 1.29 is 0 Å². The third-order valence-corrected chi connectivity index (χ3v) is 2.25. The van der Waals surface area contributed by atoms with Crippen molar-refractivity contribution in [2.24, 2.45) is 16.1 Å². The molecule has 1 aromatic heterocycles. The summed E-state index contributed by atoms with van der Waals surface area (Å²) in [5.41, 5.74) is 7.33. The Kier molecular flexibility index (Phi) is 4.77. The molecule has 0 aliphatic heterocycles. The maximum atomic E-state index is 6.00. The van der Waals surface area contributed by atoms with Crippen LogP contribution in [0, 0.1) is 5.41 Å². The van der Waals surface area contributed by atoms with Gasteiger partial charge >= 0.3 is 0 Å². The highest BCUT2D eigenvalue weighted by molar-refractivity contribution is 6.03. The summed E-state index contributed by atoms with van der Waals surface area (Å²) in [6.45, 7) is 8.19. The fourth-order valence-electron chi connectivity index (χ4n) is 1.26. The zero-order valence-corrected chi connectivity index (χ0v) is 11.4. The molecule has 0 fully saturated rings. The number of nitrogens with zero attached hydrogens (tertiary/aromatic N) is 3. The second kappa shape index (κ2) is 6.10. The van der Waals surface area contributed by atoms with Gasteiger partial charge in [-0.05, 0) is 19.1 Å². The van der Waals surface area contributed by atoms with E-state index in [-0.39, 0.29) is 5.41 Å². The van der Waals surface area contributed by atoms with E-state index in [0.717, 1.165) is 5.71 Å². The van der Waals surface area contributed by atoms with Gasteiger partial charge in [-0.3, -0.25) is 4.99 Å². The van der Waals surface area contributed by atoms with Crippen LogP contribution in [0.4, 0.5) is 0 Å². The van der Waals surface area contributed by atoms with E-state index in [1.807, 2.05) is 19.1 Å². The number of aliphatic imine (C=N–C) groups is 1. The van der Waals surface area contributed by atoms with Crippen molar-refractivity contribution in [2.45, 2.75) is 27.7 Å². The molecule has 0 aliphatic rings. The number of nitrogens with two attached hydrogens (primary N) is 1. The molecular weight excluding hydrogens is 224 g/mol. The SMILES string of the molecule is C\C=C/N=C(\C=C(/N)c1ncccn1)C(C)(C)C. The maximum absolute atomic E-state index is 6.00. The van der Waals surface area contributed by atoms with Crippen LogP contribution in [0.5, 0.6) is 0 Å². The summed E-state index contributed by atoms with van der Waals surface area (Å²) in [5.74, 6) is 0.523. The van der Waals surface area contributed by atoms with Gasteiger partial charge in [0.15, 0.2) is 5.82 Å². The second-order valence-corrected chi connectivity index (χ2v) is 4.92.